The number of amides is 1. The summed E-state index contributed by atoms with van der Waals surface area (Å²) in [6.07, 6.45) is 1.19. The van der Waals surface area contributed by atoms with Gasteiger partial charge in [-0.2, -0.15) is 0 Å². The van der Waals surface area contributed by atoms with E-state index in [2.05, 4.69) is 41.5 Å². The Labute approximate surface area is 135 Å². The Balaban J connectivity index is 3.27. The third kappa shape index (κ3) is 4.49. The fourth-order valence-corrected chi connectivity index (χ4v) is 2.46. The minimum Gasteiger partial charge on any atom is -0.507 e. The van der Waals surface area contributed by atoms with Crippen molar-refractivity contribution in [1.82, 2.24) is 4.90 Å². The molecule has 1 N–H and O–H groups in total. The first-order chi connectivity index (χ1) is 9.84. The topological polar surface area (TPSA) is 40.5 Å². The molecule has 3 nitrogen and oxygen atoms in total. The molecule has 0 bridgehead atoms. The van der Waals surface area contributed by atoms with Gasteiger partial charge in [0.1, 0.15) is 5.75 Å². The lowest BCUT2D eigenvalue weighted by Crippen LogP contribution is -2.22. The molecule has 0 atom stereocenters. The van der Waals surface area contributed by atoms with Crippen molar-refractivity contribution < 1.29 is 9.90 Å². The SMILES string of the molecule is CN(C)C(=O)CCc1cc(C(C)(C)C)c(O)c(C(C)(C)C)c1. The van der Waals surface area contributed by atoms with Gasteiger partial charge in [0, 0.05) is 20.5 Å². The fourth-order valence-electron chi connectivity index (χ4n) is 2.46. The summed E-state index contributed by atoms with van der Waals surface area (Å²) in [5, 5.41) is 10.7. The number of benzene rings is 1. The number of nitrogens with zero attached hydrogens (tertiary/aromatic N) is 1. The summed E-state index contributed by atoms with van der Waals surface area (Å²) < 4.78 is 0. The largest absolute Gasteiger partial charge is 0.507 e. The van der Waals surface area contributed by atoms with Crippen LogP contribution >= 0.6 is 0 Å². The number of phenolic OH excluding ortho intramolecular Hbond substituents is 1. The molecule has 1 amide bonds. The van der Waals surface area contributed by atoms with Gasteiger partial charge in [-0.3, -0.25) is 4.79 Å². The normalized spacial score (nSPS) is 12.4. The molecule has 0 radical (unpaired) electrons. The van der Waals surface area contributed by atoms with Gasteiger partial charge in [-0.1, -0.05) is 53.7 Å². The molecular formula is C19H31NO2. The minimum atomic E-state index is -0.133. The van der Waals surface area contributed by atoms with E-state index in [9.17, 15) is 9.90 Å². The van der Waals surface area contributed by atoms with Crippen molar-refractivity contribution in [3.63, 3.8) is 0 Å². The highest BCUT2D eigenvalue weighted by Gasteiger charge is 2.26. The Morgan fingerprint density at radius 1 is 1.00 bits per heavy atom. The number of aryl methyl sites for hydroxylation is 1. The fraction of sp³-hybridized carbons (Fsp3) is 0.632. The molecule has 1 aromatic carbocycles. The van der Waals surface area contributed by atoms with Crippen molar-refractivity contribution in [1.29, 1.82) is 0 Å². The number of phenols is 1. The van der Waals surface area contributed by atoms with Gasteiger partial charge < -0.3 is 10.0 Å². The molecule has 0 saturated carbocycles. The summed E-state index contributed by atoms with van der Waals surface area (Å²) in [7, 11) is 3.56. The highest BCUT2D eigenvalue weighted by molar-refractivity contribution is 5.75. The quantitative estimate of drug-likeness (QED) is 0.916. The van der Waals surface area contributed by atoms with E-state index >= 15 is 0 Å². The number of rotatable bonds is 3. The summed E-state index contributed by atoms with van der Waals surface area (Å²) in [4.78, 5) is 13.4. The molecule has 0 spiro atoms. The summed E-state index contributed by atoms with van der Waals surface area (Å²) in [5.74, 6) is 0.519. The minimum absolute atomic E-state index is 0.127. The van der Waals surface area contributed by atoms with Crippen LogP contribution in [0.5, 0.6) is 5.75 Å². The second-order valence-corrected chi connectivity index (χ2v) is 8.33. The van der Waals surface area contributed by atoms with Gasteiger partial charge in [0.2, 0.25) is 5.91 Å². The van der Waals surface area contributed by atoms with Gasteiger partial charge in [-0.25, -0.2) is 0 Å². The zero-order valence-electron chi connectivity index (χ0n) is 15.4. The highest BCUT2D eigenvalue weighted by Crippen LogP contribution is 2.39. The molecule has 124 valence electrons. The molecule has 22 heavy (non-hydrogen) atoms. The lowest BCUT2D eigenvalue weighted by atomic mass is 9.78. The molecule has 1 rings (SSSR count). The molecule has 0 unspecified atom stereocenters. The first kappa shape index (κ1) is 18.5. The Hall–Kier alpha value is -1.51. The van der Waals surface area contributed by atoms with Crippen LogP contribution in [0.3, 0.4) is 0 Å². The van der Waals surface area contributed by atoms with Crippen LogP contribution in [0.15, 0.2) is 12.1 Å². The van der Waals surface area contributed by atoms with Gasteiger partial charge in [0.15, 0.2) is 0 Å². The molecule has 0 fully saturated rings. The summed E-state index contributed by atoms with van der Waals surface area (Å²) in [6.45, 7) is 12.6. The first-order valence-corrected chi connectivity index (χ1v) is 7.91. The first-order valence-electron chi connectivity index (χ1n) is 7.91. The molecule has 3 heteroatoms. The maximum Gasteiger partial charge on any atom is 0.222 e. The molecule has 0 aliphatic rings. The van der Waals surface area contributed by atoms with Gasteiger partial charge >= 0.3 is 0 Å². The number of aromatic hydroxyl groups is 1. The Bertz CT molecular complexity index is 511. The van der Waals surface area contributed by atoms with Crippen molar-refractivity contribution in [2.24, 2.45) is 0 Å². The molecule has 1 aromatic rings. The Kier molecular flexibility index (Phi) is 5.32. The van der Waals surface area contributed by atoms with Crippen molar-refractivity contribution in [2.45, 2.75) is 65.2 Å². The van der Waals surface area contributed by atoms with Gasteiger partial charge in [-0.05, 0) is 33.9 Å². The number of hydrogen-bond donors (Lipinski definition) is 1. The van der Waals surface area contributed by atoms with E-state index in [0.29, 0.717) is 18.6 Å². The maximum atomic E-state index is 11.8. The molecule has 0 aliphatic carbocycles. The third-order valence-electron chi connectivity index (χ3n) is 3.91. The van der Waals surface area contributed by atoms with E-state index in [-0.39, 0.29) is 16.7 Å². The Morgan fingerprint density at radius 3 is 1.73 bits per heavy atom. The summed E-state index contributed by atoms with van der Waals surface area (Å²) >= 11 is 0. The second kappa shape index (κ2) is 6.31. The molecule has 0 saturated heterocycles. The molecule has 0 heterocycles. The second-order valence-electron chi connectivity index (χ2n) is 8.33. The van der Waals surface area contributed by atoms with Crippen LogP contribution in [0, 0.1) is 0 Å². The van der Waals surface area contributed by atoms with Crippen LogP contribution in [0.1, 0.15) is 64.7 Å². The number of hydrogen-bond acceptors (Lipinski definition) is 2. The van der Waals surface area contributed by atoms with Gasteiger partial charge in [0.25, 0.3) is 0 Å². The third-order valence-corrected chi connectivity index (χ3v) is 3.91. The maximum absolute atomic E-state index is 11.8. The van der Waals surface area contributed by atoms with E-state index in [1.165, 1.54) is 0 Å². The van der Waals surface area contributed by atoms with Gasteiger partial charge in [-0.15, -0.1) is 0 Å². The molecule has 0 aromatic heterocycles. The number of carbonyl (C=O) groups excluding carboxylic acids is 1. The predicted octanol–water partition coefficient (Wildman–Crippen LogP) is 4.01. The van der Waals surface area contributed by atoms with E-state index in [1.807, 2.05) is 12.1 Å². The van der Waals surface area contributed by atoms with E-state index in [1.54, 1.807) is 19.0 Å². The monoisotopic (exact) mass is 305 g/mol. The van der Waals surface area contributed by atoms with Gasteiger partial charge in [0.05, 0.1) is 0 Å². The van der Waals surface area contributed by atoms with Crippen LogP contribution in [0.2, 0.25) is 0 Å². The van der Waals surface area contributed by atoms with Crippen LogP contribution in [0.25, 0.3) is 0 Å². The van der Waals surface area contributed by atoms with Crippen molar-refractivity contribution in [3.8, 4) is 5.75 Å². The van der Waals surface area contributed by atoms with Crippen LogP contribution in [0.4, 0.5) is 0 Å². The van der Waals surface area contributed by atoms with Crippen molar-refractivity contribution in [2.75, 3.05) is 14.1 Å². The summed E-state index contributed by atoms with van der Waals surface area (Å²) in [6, 6.07) is 4.10. The zero-order valence-corrected chi connectivity index (χ0v) is 15.4. The van der Waals surface area contributed by atoms with E-state index < -0.39 is 0 Å². The summed E-state index contributed by atoms with van der Waals surface area (Å²) in [5.41, 5.74) is 2.75. The molecular weight excluding hydrogens is 274 g/mol. The van der Waals surface area contributed by atoms with E-state index in [0.717, 1.165) is 16.7 Å². The lowest BCUT2D eigenvalue weighted by molar-refractivity contribution is -0.128. The van der Waals surface area contributed by atoms with Crippen LogP contribution in [-0.2, 0) is 22.0 Å². The smallest absolute Gasteiger partial charge is 0.222 e. The number of carbonyl (C=O) groups is 1. The van der Waals surface area contributed by atoms with Crippen molar-refractivity contribution in [3.05, 3.63) is 28.8 Å². The van der Waals surface area contributed by atoms with Crippen molar-refractivity contribution >= 4 is 5.91 Å². The average Bonchev–Trinajstić information content (AvgIpc) is 2.33. The highest BCUT2D eigenvalue weighted by atomic mass is 16.3. The lowest BCUT2D eigenvalue weighted by Gasteiger charge is -2.28. The van der Waals surface area contributed by atoms with Crippen LogP contribution in [-0.4, -0.2) is 30.0 Å². The predicted molar refractivity (Wildman–Crippen MR) is 92.5 cm³/mol. The average molecular weight is 305 g/mol. The van der Waals surface area contributed by atoms with E-state index in [4.69, 9.17) is 0 Å². The van der Waals surface area contributed by atoms with Crippen LogP contribution < -0.4 is 0 Å². The Morgan fingerprint density at radius 2 is 1.41 bits per heavy atom. The molecule has 0 aliphatic heterocycles. The zero-order chi connectivity index (χ0) is 17.3. The standard InChI is InChI=1S/C19H31NO2/c1-18(2,3)14-11-13(9-10-16(21)20(7)8)12-15(17(14)22)19(4,5)6/h11-12,22H,9-10H2,1-8H3.